The van der Waals surface area contributed by atoms with Crippen LogP contribution in [0, 0.1) is 12.8 Å². The molecule has 1 saturated carbocycles. The number of amides is 1. The van der Waals surface area contributed by atoms with Crippen LogP contribution < -0.4 is 5.73 Å². The summed E-state index contributed by atoms with van der Waals surface area (Å²) in [4.78, 5) is 21.4. The molecule has 2 aliphatic rings. The van der Waals surface area contributed by atoms with Crippen molar-refractivity contribution in [2.75, 3.05) is 26.2 Å². The molecule has 21 heavy (non-hydrogen) atoms. The van der Waals surface area contributed by atoms with Gasteiger partial charge in [0.05, 0.1) is 16.6 Å². The number of piperazine rings is 1. The normalized spacial score (nSPS) is 27.2. The van der Waals surface area contributed by atoms with E-state index in [1.807, 2.05) is 11.8 Å². The van der Waals surface area contributed by atoms with E-state index in [-0.39, 0.29) is 17.9 Å². The Labute approximate surface area is 130 Å². The zero-order valence-electron chi connectivity index (χ0n) is 12.6. The van der Waals surface area contributed by atoms with Crippen molar-refractivity contribution in [1.82, 2.24) is 14.8 Å². The van der Waals surface area contributed by atoms with Gasteiger partial charge < -0.3 is 10.6 Å². The Hall–Kier alpha value is -0.980. The number of rotatable bonds is 3. The number of thiazole rings is 1. The van der Waals surface area contributed by atoms with Crippen LogP contribution in [0.15, 0.2) is 5.38 Å². The molecule has 6 heteroatoms. The molecule has 2 unspecified atom stereocenters. The minimum atomic E-state index is 0.0674. The second-order valence-corrected chi connectivity index (χ2v) is 7.22. The largest absolute Gasteiger partial charge is 0.340 e. The molecule has 0 bridgehead atoms. The number of hydrogen-bond donors (Lipinski definition) is 1. The van der Waals surface area contributed by atoms with Crippen molar-refractivity contribution in [3.8, 4) is 0 Å². The first kappa shape index (κ1) is 14.9. The van der Waals surface area contributed by atoms with Crippen molar-refractivity contribution < 1.29 is 4.79 Å². The van der Waals surface area contributed by atoms with E-state index in [1.165, 1.54) is 0 Å². The molecule has 3 rings (SSSR count). The Morgan fingerprint density at radius 3 is 2.71 bits per heavy atom. The van der Waals surface area contributed by atoms with Crippen molar-refractivity contribution in [1.29, 1.82) is 0 Å². The number of nitrogens with zero attached hydrogens (tertiary/aromatic N) is 3. The molecular formula is C15H24N4OS. The van der Waals surface area contributed by atoms with Crippen LogP contribution in [-0.4, -0.2) is 52.9 Å². The maximum atomic E-state index is 12.5. The number of aromatic nitrogens is 1. The fraction of sp³-hybridized carbons (Fsp3) is 0.733. The molecule has 1 aliphatic carbocycles. The van der Waals surface area contributed by atoms with Crippen LogP contribution in [0.3, 0.4) is 0 Å². The summed E-state index contributed by atoms with van der Waals surface area (Å²) in [7, 11) is 0. The van der Waals surface area contributed by atoms with E-state index >= 15 is 0 Å². The maximum Gasteiger partial charge on any atom is 0.227 e. The number of aryl methyl sites for hydroxylation is 1. The van der Waals surface area contributed by atoms with E-state index in [2.05, 4.69) is 15.3 Å². The molecule has 1 amide bonds. The molecule has 1 aromatic rings. The van der Waals surface area contributed by atoms with Crippen LogP contribution in [0.5, 0.6) is 0 Å². The van der Waals surface area contributed by atoms with Gasteiger partial charge in [-0.3, -0.25) is 9.69 Å². The average molecular weight is 308 g/mol. The first-order valence-corrected chi connectivity index (χ1v) is 8.69. The molecule has 2 atom stereocenters. The highest BCUT2D eigenvalue weighted by Crippen LogP contribution is 2.26. The smallest absolute Gasteiger partial charge is 0.227 e. The van der Waals surface area contributed by atoms with Crippen molar-refractivity contribution in [3.63, 3.8) is 0 Å². The van der Waals surface area contributed by atoms with E-state index in [0.29, 0.717) is 0 Å². The Morgan fingerprint density at radius 2 is 2.14 bits per heavy atom. The highest BCUT2D eigenvalue weighted by molar-refractivity contribution is 7.09. The van der Waals surface area contributed by atoms with Crippen LogP contribution >= 0.6 is 11.3 Å². The third-order valence-corrected chi connectivity index (χ3v) is 5.45. The van der Waals surface area contributed by atoms with E-state index in [0.717, 1.165) is 62.7 Å². The highest BCUT2D eigenvalue weighted by Gasteiger charge is 2.34. The van der Waals surface area contributed by atoms with Crippen LogP contribution in [0.4, 0.5) is 0 Å². The van der Waals surface area contributed by atoms with Crippen molar-refractivity contribution in [2.45, 2.75) is 38.8 Å². The van der Waals surface area contributed by atoms with Gasteiger partial charge in [0.2, 0.25) is 5.91 Å². The number of carbonyl (C=O) groups is 1. The number of hydrogen-bond acceptors (Lipinski definition) is 5. The van der Waals surface area contributed by atoms with Crippen molar-refractivity contribution in [3.05, 3.63) is 16.1 Å². The van der Waals surface area contributed by atoms with Crippen molar-refractivity contribution in [2.24, 2.45) is 11.7 Å². The van der Waals surface area contributed by atoms with Gasteiger partial charge in [-0.25, -0.2) is 4.98 Å². The Balaban J connectivity index is 1.49. The van der Waals surface area contributed by atoms with E-state index in [4.69, 9.17) is 5.73 Å². The fourth-order valence-corrected chi connectivity index (χ4v) is 3.97. The topological polar surface area (TPSA) is 62.5 Å². The lowest BCUT2D eigenvalue weighted by Crippen LogP contribution is -2.51. The minimum absolute atomic E-state index is 0.0674. The van der Waals surface area contributed by atoms with Gasteiger partial charge in [-0.1, -0.05) is 6.42 Å². The first-order valence-electron chi connectivity index (χ1n) is 7.81. The Bertz CT molecular complexity index is 496. The molecular weight excluding hydrogens is 284 g/mol. The summed E-state index contributed by atoms with van der Waals surface area (Å²) < 4.78 is 0. The van der Waals surface area contributed by atoms with Gasteiger partial charge in [-0.05, 0) is 19.8 Å². The molecule has 0 spiro atoms. The summed E-state index contributed by atoms with van der Waals surface area (Å²) in [6.45, 7) is 6.45. The molecule has 1 saturated heterocycles. The van der Waals surface area contributed by atoms with Gasteiger partial charge in [0.15, 0.2) is 0 Å². The van der Waals surface area contributed by atoms with Crippen molar-refractivity contribution >= 4 is 17.2 Å². The Kier molecular flexibility index (Phi) is 4.57. The molecule has 2 heterocycles. The van der Waals surface area contributed by atoms with E-state index in [9.17, 15) is 4.79 Å². The van der Waals surface area contributed by atoms with E-state index < -0.39 is 0 Å². The zero-order chi connectivity index (χ0) is 14.8. The lowest BCUT2D eigenvalue weighted by Gasteiger charge is -2.36. The Morgan fingerprint density at radius 1 is 1.38 bits per heavy atom. The number of carbonyl (C=O) groups excluding carboxylic acids is 1. The molecule has 0 radical (unpaired) electrons. The third kappa shape index (κ3) is 3.44. The minimum Gasteiger partial charge on any atom is -0.340 e. The number of nitrogens with two attached hydrogens (primary N) is 1. The standard InChI is InChI=1S/C15H24N4OS/c1-11-17-12(10-21-11)9-18-5-7-19(8-6-18)15(20)13-3-2-4-14(13)16/h10,13-14H,2-9,16H2,1H3. The van der Waals surface area contributed by atoms with Crippen LogP contribution in [0.1, 0.15) is 30.0 Å². The van der Waals surface area contributed by atoms with Gasteiger partial charge >= 0.3 is 0 Å². The summed E-state index contributed by atoms with van der Waals surface area (Å²) in [6, 6.07) is 0.0773. The fourth-order valence-electron chi connectivity index (χ4n) is 3.37. The predicted octanol–water partition coefficient (Wildman–Crippen LogP) is 1.22. The van der Waals surface area contributed by atoms with Crippen LogP contribution in [-0.2, 0) is 11.3 Å². The second kappa shape index (κ2) is 6.42. The molecule has 2 fully saturated rings. The second-order valence-electron chi connectivity index (χ2n) is 6.16. The molecule has 5 nitrogen and oxygen atoms in total. The summed E-state index contributed by atoms with van der Waals surface area (Å²) in [5.74, 6) is 0.349. The molecule has 2 N–H and O–H groups in total. The summed E-state index contributed by atoms with van der Waals surface area (Å²) in [5, 5.41) is 3.25. The molecule has 1 aromatic heterocycles. The summed E-state index contributed by atoms with van der Waals surface area (Å²) >= 11 is 1.70. The summed E-state index contributed by atoms with van der Waals surface area (Å²) in [5.41, 5.74) is 7.20. The quantitative estimate of drug-likeness (QED) is 0.912. The third-order valence-electron chi connectivity index (χ3n) is 4.62. The van der Waals surface area contributed by atoms with Crippen LogP contribution in [0.25, 0.3) is 0 Å². The monoisotopic (exact) mass is 308 g/mol. The molecule has 116 valence electrons. The van der Waals surface area contributed by atoms with E-state index in [1.54, 1.807) is 11.3 Å². The van der Waals surface area contributed by atoms with Gasteiger partial charge in [0, 0.05) is 44.1 Å². The first-order chi connectivity index (χ1) is 10.1. The SMILES string of the molecule is Cc1nc(CN2CCN(C(=O)C3CCCC3N)CC2)cs1. The average Bonchev–Trinajstić information content (AvgIpc) is 3.08. The summed E-state index contributed by atoms with van der Waals surface area (Å²) in [6.07, 6.45) is 3.07. The van der Waals surface area contributed by atoms with Gasteiger partial charge in [-0.15, -0.1) is 11.3 Å². The maximum absolute atomic E-state index is 12.5. The predicted molar refractivity (Wildman–Crippen MR) is 84.0 cm³/mol. The van der Waals surface area contributed by atoms with Gasteiger partial charge in [0.1, 0.15) is 0 Å². The highest BCUT2D eigenvalue weighted by atomic mass is 32.1. The zero-order valence-corrected chi connectivity index (χ0v) is 13.4. The van der Waals surface area contributed by atoms with Crippen LogP contribution in [0.2, 0.25) is 0 Å². The van der Waals surface area contributed by atoms with Gasteiger partial charge in [-0.2, -0.15) is 0 Å². The van der Waals surface area contributed by atoms with Gasteiger partial charge in [0.25, 0.3) is 0 Å². The molecule has 0 aromatic carbocycles. The lowest BCUT2D eigenvalue weighted by molar-refractivity contribution is -0.137. The molecule has 1 aliphatic heterocycles. The lowest BCUT2D eigenvalue weighted by atomic mass is 10.0.